The lowest BCUT2D eigenvalue weighted by atomic mass is 9.89. The summed E-state index contributed by atoms with van der Waals surface area (Å²) < 4.78 is 29.0. The first-order valence-corrected chi connectivity index (χ1v) is 18.6. The van der Waals surface area contributed by atoms with Crippen LogP contribution >= 0.6 is 0 Å². The molecule has 6 saturated heterocycles. The van der Waals surface area contributed by atoms with Crippen LogP contribution in [0.25, 0.3) is 0 Å². The summed E-state index contributed by atoms with van der Waals surface area (Å²) in [5.74, 6) is 1.80. The summed E-state index contributed by atoms with van der Waals surface area (Å²) in [6.45, 7) is 34.7. The molecule has 0 aliphatic carbocycles. The molecular weight excluding hydrogens is 566 g/mol. The van der Waals surface area contributed by atoms with Crippen LogP contribution in [-0.2, 0) is 23.7 Å². The van der Waals surface area contributed by atoms with Crippen LogP contribution in [0, 0.1) is 17.8 Å². The van der Waals surface area contributed by atoms with E-state index in [1.807, 2.05) is 0 Å². The Balaban J connectivity index is 0.000000154. The highest BCUT2D eigenvalue weighted by atomic mass is 16.7. The van der Waals surface area contributed by atoms with Crippen molar-refractivity contribution in [2.24, 2.45) is 17.8 Å². The molecule has 6 aliphatic heterocycles. The summed E-state index contributed by atoms with van der Waals surface area (Å²) in [4.78, 5) is 7.75. The van der Waals surface area contributed by atoms with Crippen LogP contribution in [0.2, 0.25) is 0 Å². The zero-order valence-electron chi connectivity index (χ0n) is 31.3. The van der Waals surface area contributed by atoms with Gasteiger partial charge in [-0.25, -0.2) is 0 Å². The molecule has 0 aromatic carbocycles. The molecule has 1 unspecified atom stereocenters. The molecule has 0 saturated carbocycles. The minimum Gasteiger partial charge on any atom is -0.381 e. The molecule has 0 aromatic rings. The van der Waals surface area contributed by atoms with E-state index >= 15 is 0 Å². The van der Waals surface area contributed by atoms with Crippen molar-refractivity contribution in [2.45, 2.75) is 169 Å². The van der Waals surface area contributed by atoms with Crippen molar-refractivity contribution in [1.82, 2.24) is 14.7 Å². The van der Waals surface area contributed by atoms with Gasteiger partial charge in [0.1, 0.15) is 5.72 Å². The molecule has 264 valence electrons. The zero-order valence-corrected chi connectivity index (χ0v) is 31.3. The third-order valence-electron chi connectivity index (χ3n) is 11.4. The highest BCUT2D eigenvalue weighted by molar-refractivity contribution is 5.03. The summed E-state index contributed by atoms with van der Waals surface area (Å²) in [5.41, 5.74) is 0.223. The zero-order chi connectivity index (χ0) is 33.2. The molecule has 6 rings (SSSR count). The van der Waals surface area contributed by atoms with Gasteiger partial charge in [-0.1, -0.05) is 41.5 Å². The monoisotopic (exact) mass is 638 g/mol. The molecule has 3 spiro atoms. The number of ether oxygens (including phenoxy) is 5. The predicted molar refractivity (Wildman–Crippen MR) is 182 cm³/mol. The fourth-order valence-corrected chi connectivity index (χ4v) is 8.82. The van der Waals surface area contributed by atoms with Gasteiger partial charge in [0, 0.05) is 68.5 Å². The highest BCUT2D eigenvalue weighted by Gasteiger charge is 2.52. The van der Waals surface area contributed by atoms with Gasteiger partial charge in [0.15, 0.2) is 5.79 Å². The second-order valence-electron chi connectivity index (χ2n) is 16.6. The Kier molecular flexibility index (Phi) is 12.9. The second kappa shape index (κ2) is 15.5. The molecule has 0 radical (unpaired) electrons. The minimum absolute atomic E-state index is 0.0264. The summed E-state index contributed by atoms with van der Waals surface area (Å²) in [6.07, 6.45) is 5.61. The first-order valence-electron chi connectivity index (χ1n) is 18.6. The Hall–Kier alpha value is -0.320. The molecule has 4 atom stereocenters. The van der Waals surface area contributed by atoms with Crippen molar-refractivity contribution < 1.29 is 23.7 Å². The van der Waals surface area contributed by atoms with Crippen molar-refractivity contribution in [1.29, 1.82) is 0 Å². The van der Waals surface area contributed by atoms with Gasteiger partial charge < -0.3 is 23.7 Å². The van der Waals surface area contributed by atoms with E-state index in [2.05, 4.69) is 97.8 Å². The van der Waals surface area contributed by atoms with Crippen molar-refractivity contribution in [3.05, 3.63) is 0 Å². The molecule has 6 fully saturated rings. The van der Waals surface area contributed by atoms with E-state index in [1.165, 1.54) is 12.8 Å². The Morgan fingerprint density at radius 1 is 0.511 bits per heavy atom. The number of hydrogen-bond acceptors (Lipinski definition) is 8. The molecule has 0 bridgehead atoms. The van der Waals surface area contributed by atoms with Gasteiger partial charge >= 0.3 is 0 Å². The van der Waals surface area contributed by atoms with Gasteiger partial charge in [-0.05, 0) is 65.7 Å². The number of rotatable bonds is 6. The Bertz CT molecular complexity index is 856. The van der Waals surface area contributed by atoms with Crippen LogP contribution in [-0.4, -0.2) is 121 Å². The molecule has 6 aliphatic rings. The molecule has 0 amide bonds. The Morgan fingerprint density at radius 3 is 1.42 bits per heavy atom. The number of nitrogens with zero attached hydrogens (tertiary/aromatic N) is 3. The van der Waals surface area contributed by atoms with E-state index in [4.69, 9.17) is 23.7 Å². The largest absolute Gasteiger partial charge is 0.381 e. The fraction of sp³-hybridized carbons (Fsp3) is 1.00. The average molecular weight is 638 g/mol. The van der Waals surface area contributed by atoms with Crippen molar-refractivity contribution in [2.75, 3.05) is 52.7 Å². The lowest BCUT2D eigenvalue weighted by molar-refractivity contribution is -0.155. The van der Waals surface area contributed by atoms with Crippen LogP contribution in [0.1, 0.15) is 115 Å². The summed E-state index contributed by atoms with van der Waals surface area (Å²) in [5, 5.41) is 0. The Morgan fingerprint density at radius 2 is 1.02 bits per heavy atom. The van der Waals surface area contributed by atoms with E-state index in [-0.39, 0.29) is 17.1 Å². The van der Waals surface area contributed by atoms with E-state index in [9.17, 15) is 0 Å². The highest BCUT2D eigenvalue weighted by Crippen LogP contribution is 2.43. The van der Waals surface area contributed by atoms with Crippen LogP contribution in [0.5, 0.6) is 0 Å². The van der Waals surface area contributed by atoms with Gasteiger partial charge in [0.25, 0.3) is 0 Å². The number of hydrogen-bond donors (Lipinski definition) is 0. The maximum Gasteiger partial charge on any atom is 0.182 e. The molecule has 0 N–H and O–H groups in total. The van der Waals surface area contributed by atoms with Gasteiger partial charge in [-0.3, -0.25) is 14.7 Å². The van der Waals surface area contributed by atoms with Gasteiger partial charge in [-0.2, -0.15) is 0 Å². The maximum atomic E-state index is 6.18. The summed E-state index contributed by atoms with van der Waals surface area (Å²) >= 11 is 0. The van der Waals surface area contributed by atoms with Crippen molar-refractivity contribution >= 4 is 0 Å². The molecular formula is C37H71N3O5. The minimum atomic E-state index is -0.279. The lowest BCUT2D eigenvalue weighted by Crippen LogP contribution is -2.55. The SMILES string of the molecule is CC(C)[C@@H]1CC2(CCO2)CN1C(C)C.CC(C)[C@@H]1CC2(CN1C(C)C)OCCO2.CC(C)[C@@H]1COC2(CCOCC2)N1C(C)C. The van der Waals surface area contributed by atoms with Crippen LogP contribution < -0.4 is 0 Å². The first kappa shape index (κ1) is 37.5. The topological polar surface area (TPSA) is 55.9 Å². The quantitative estimate of drug-likeness (QED) is 0.331. The van der Waals surface area contributed by atoms with Crippen molar-refractivity contribution in [3.8, 4) is 0 Å². The molecule has 45 heavy (non-hydrogen) atoms. The number of likely N-dealkylation sites (tertiary alicyclic amines) is 2. The normalized spacial score (nSPS) is 33.3. The fourth-order valence-electron chi connectivity index (χ4n) is 8.82. The van der Waals surface area contributed by atoms with Gasteiger partial charge in [-0.15, -0.1) is 0 Å². The van der Waals surface area contributed by atoms with Crippen LogP contribution in [0.4, 0.5) is 0 Å². The maximum absolute atomic E-state index is 6.18. The van der Waals surface area contributed by atoms with Gasteiger partial charge in [0.05, 0.1) is 51.8 Å². The van der Waals surface area contributed by atoms with Crippen LogP contribution in [0.15, 0.2) is 0 Å². The third-order valence-corrected chi connectivity index (χ3v) is 11.4. The Labute approximate surface area is 277 Å². The van der Waals surface area contributed by atoms with E-state index < -0.39 is 0 Å². The third kappa shape index (κ3) is 8.46. The molecule has 8 nitrogen and oxygen atoms in total. The standard InChI is InChI=1S/C13H25NO2.C12H23NO2.C12H23NO/c1-10(2)12-9-16-13(14(12)11(3)4)5-7-15-8-6-13;1-9(2)11-7-12(14-5-6-15-12)8-13(11)10(3)4;1-9(2)11-7-12(5-6-14-12)8-13(11)10(3)4/h10-12H,5-9H2,1-4H3;9-11H,5-8H2,1-4H3;9-11H,5-8H2,1-4H3/t12-;11-;11-,12?/m000/s1. The smallest absolute Gasteiger partial charge is 0.182 e. The summed E-state index contributed by atoms with van der Waals surface area (Å²) in [7, 11) is 0. The van der Waals surface area contributed by atoms with Crippen molar-refractivity contribution in [3.63, 3.8) is 0 Å². The summed E-state index contributed by atoms with van der Waals surface area (Å²) in [6, 6.07) is 3.68. The van der Waals surface area contributed by atoms with Crippen LogP contribution in [0.3, 0.4) is 0 Å². The van der Waals surface area contributed by atoms with E-state index in [1.54, 1.807) is 0 Å². The second-order valence-corrected chi connectivity index (χ2v) is 16.6. The van der Waals surface area contributed by atoms with E-state index in [0.29, 0.717) is 42.0 Å². The lowest BCUT2D eigenvalue weighted by Gasteiger charge is -2.44. The molecule has 8 heteroatoms. The van der Waals surface area contributed by atoms with Gasteiger partial charge in [0.2, 0.25) is 0 Å². The van der Waals surface area contributed by atoms with E-state index in [0.717, 1.165) is 84.0 Å². The molecule has 6 heterocycles. The predicted octanol–water partition coefficient (Wildman–Crippen LogP) is 6.41. The first-order chi connectivity index (χ1) is 21.1. The average Bonchev–Trinajstić information content (AvgIpc) is 3.74. The molecule has 0 aromatic heterocycles.